The summed E-state index contributed by atoms with van der Waals surface area (Å²) in [4.78, 5) is 34.7. The fourth-order valence-corrected chi connectivity index (χ4v) is 7.34. The number of anilines is 1. The molecule has 2 atom stereocenters. The number of carboxylic acid groups (broad SMARTS) is 1. The van der Waals surface area contributed by atoms with E-state index in [9.17, 15) is 32.4 Å². The molecule has 1 amide bonds. The predicted octanol–water partition coefficient (Wildman–Crippen LogP) is 6.60. The molecule has 1 saturated carbocycles. The third kappa shape index (κ3) is 9.70. The van der Waals surface area contributed by atoms with Crippen molar-refractivity contribution in [1.29, 1.82) is 0 Å². The molecule has 0 saturated heterocycles. The smallest absolute Gasteiger partial charge is 0.419 e. The normalized spacial score (nSPS) is 17.2. The number of benzene rings is 1. The largest absolute Gasteiger partial charge is 0.478 e. The predicted molar refractivity (Wildman–Crippen MR) is 176 cm³/mol. The second-order valence-corrected chi connectivity index (χ2v) is 16.5. The minimum Gasteiger partial charge on any atom is -0.478 e. The van der Waals surface area contributed by atoms with Crippen molar-refractivity contribution in [2.24, 2.45) is 0 Å². The van der Waals surface area contributed by atoms with E-state index in [4.69, 9.17) is 4.74 Å². The van der Waals surface area contributed by atoms with E-state index < -0.39 is 36.5 Å². The minimum absolute atomic E-state index is 0.0326. The van der Waals surface area contributed by atoms with Crippen LogP contribution in [0.5, 0.6) is 0 Å². The molecule has 15 heteroatoms. The van der Waals surface area contributed by atoms with Gasteiger partial charge in [0, 0.05) is 47.3 Å². The van der Waals surface area contributed by atoms with Gasteiger partial charge in [-0.3, -0.25) is 0 Å². The average molecular weight is 681 g/mol. The number of ether oxygens (including phenoxy) is 1. The van der Waals surface area contributed by atoms with Gasteiger partial charge >= 0.3 is 18.2 Å². The van der Waals surface area contributed by atoms with E-state index in [2.05, 4.69) is 30.9 Å². The summed E-state index contributed by atoms with van der Waals surface area (Å²) >= 11 is 0. The van der Waals surface area contributed by atoms with Crippen molar-refractivity contribution in [3.05, 3.63) is 35.7 Å². The number of aromatic amines is 1. The van der Waals surface area contributed by atoms with Crippen LogP contribution in [-0.4, -0.2) is 76.2 Å². The van der Waals surface area contributed by atoms with Gasteiger partial charge in [-0.2, -0.15) is 13.2 Å². The molecule has 1 aliphatic carbocycles. The number of aromatic nitrogens is 3. The van der Waals surface area contributed by atoms with E-state index in [1.54, 1.807) is 0 Å². The second-order valence-electron chi connectivity index (χ2n) is 13.3. The first kappa shape index (κ1) is 36.2. The van der Waals surface area contributed by atoms with Crippen molar-refractivity contribution in [2.75, 3.05) is 31.7 Å². The molecule has 1 aliphatic rings. The van der Waals surface area contributed by atoms with Crippen molar-refractivity contribution in [3.8, 4) is 11.3 Å². The van der Waals surface area contributed by atoms with Crippen LogP contribution < -0.4 is 21.3 Å². The third-order valence-electron chi connectivity index (χ3n) is 7.92. The van der Waals surface area contributed by atoms with Crippen LogP contribution in [0.25, 0.3) is 22.2 Å². The van der Waals surface area contributed by atoms with Gasteiger partial charge in [0.15, 0.2) is 0 Å². The highest BCUT2D eigenvalue weighted by Gasteiger charge is 2.37. The Kier molecular flexibility index (Phi) is 11.3. The van der Waals surface area contributed by atoms with Gasteiger partial charge in [0.2, 0.25) is 5.95 Å². The van der Waals surface area contributed by atoms with E-state index in [0.717, 1.165) is 57.7 Å². The van der Waals surface area contributed by atoms with Crippen LogP contribution in [-0.2, 0) is 15.5 Å². The molecule has 47 heavy (non-hydrogen) atoms. The standard InChI is InChI=1S/C32H44F3N6O5P/c1-31(2,3)46-30(44)37-15-9-7-6-8-14-36-19-10-11-20(16-19)40-29-39-18-24(32(33,34)35)25(41-29)23-17-38-26-21(23)12-13-22(28(42)43)27(26)47(4,5)45/h12-13,17-20,36,38H,6-11,14-16H2,1-5H3,(H,37,44)(H,42,43)(H,39,40,41)/t19-,20-/m0/s1. The lowest BCUT2D eigenvalue weighted by molar-refractivity contribution is -0.137. The van der Waals surface area contributed by atoms with Gasteiger partial charge in [0.25, 0.3) is 0 Å². The van der Waals surface area contributed by atoms with Gasteiger partial charge in [-0.25, -0.2) is 19.6 Å². The Morgan fingerprint density at radius 1 is 1.06 bits per heavy atom. The zero-order valence-electron chi connectivity index (χ0n) is 27.4. The van der Waals surface area contributed by atoms with Crippen molar-refractivity contribution >= 4 is 41.4 Å². The number of nitrogens with zero attached hydrogens (tertiary/aromatic N) is 2. The number of carbonyl (C=O) groups is 2. The van der Waals surface area contributed by atoms with Gasteiger partial charge in [-0.15, -0.1) is 0 Å². The van der Waals surface area contributed by atoms with Crippen molar-refractivity contribution < 1.29 is 37.2 Å². The number of nitrogens with one attached hydrogen (secondary N) is 4. The lowest BCUT2D eigenvalue weighted by atomic mass is 10.0. The SMILES string of the molecule is CC(C)(C)OC(=O)NCCCCCCN[C@H]1CC[C@H](Nc2ncc(C(F)(F)F)c(-c3c[nH]c4c(P(C)(C)=O)c(C(=O)O)ccc34)n2)C1. The summed E-state index contributed by atoms with van der Waals surface area (Å²) in [6.07, 6.45) is 3.24. The Morgan fingerprint density at radius 3 is 2.38 bits per heavy atom. The quantitative estimate of drug-likeness (QED) is 0.0991. The Labute approximate surface area is 272 Å². The maximum absolute atomic E-state index is 14.1. The lowest BCUT2D eigenvalue weighted by Gasteiger charge is -2.19. The number of aromatic carboxylic acids is 1. The highest BCUT2D eigenvalue weighted by molar-refractivity contribution is 7.70. The molecule has 1 aromatic carbocycles. The Hall–Kier alpha value is -3.64. The minimum atomic E-state index is -4.75. The molecule has 0 aliphatic heterocycles. The fraction of sp³-hybridized carbons (Fsp3) is 0.562. The topological polar surface area (TPSA) is 158 Å². The number of hydrogen-bond donors (Lipinski definition) is 5. The second kappa shape index (κ2) is 14.6. The first-order chi connectivity index (χ1) is 21.9. The van der Waals surface area contributed by atoms with E-state index in [1.165, 1.54) is 31.7 Å². The van der Waals surface area contributed by atoms with E-state index >= 15 is 0 Å². The Morgan fingerprint density at radius 2 is 1.74 bits per heavy atom. The number of carboxylic acids is 1. The monoisotopic (exact) mass is 680 g/mol. The third-order valence-corrected chi connectivity index (χ3v) is 9.46. The number of fused-ring (bicyclic) bond motifs is 1. The summed E-state index contributed by atoms with van der Waals surface area (Å²) in [7, 11) is -3.14. The van der Waals surface area contributed by atoms with Crippen LogP contribution in [0.3, 0.4) is 0 Å². The molecule has 258 valence electrons. The first-order valence-electron chi connectivity index (χ1n) is 15.8. The van der Waals surface area contributed by atoms with Crippen LogP contribution in [0.1, 0.15) is 81.6 Å². The van der Waals surface area contributed by atoms with E-state index in [-0.39, 0.29) is 51.1 Å². The number of unbranched alkanes of at least 4 members (excludes halogenated alkanes) is 3. The molecule has 1 fully saturated rings. The Bertz CT molecular complexity index is 1630. The number of hydrogen-bond acceptors (Lipinski definition) is 8. The van der Waals surface area contributed by atoms with Gasteiger partial charge in [-0.05, 0) is 78.8 Å². The van der Waals surface area contributed by atoms with Crippen molar-refractivity contribution in [2.45, 2.75) is 89.6 Å². The molecule has 11 nitrogen and oxygen atoms in total. The Balaban J connectivity index is 1.36. The van der Waals surface area contributed by atoms with Gasteiger partial charge in [-0.1, -0.05) is 18.9 Å². The van der Waals surface area contributed by atoms with Crippen LogP contribution in [0, 0.1) is 0 Å². The van der Waals surface area contributed by atoms with Gasteiger partial charge in [0.05, 0.1) is 16.8 Å². The zero-order chi connectivity index (χ0) is 34.6. The van der Waals surface area contributed by atoms with Crippen LogP contribution in [0.15, 0.2) is 24.5 Å². The molecule has 0 spiro atoms. The number of amides is 1. The molecule has 0 unspecified atom stereocenters. The molecule has 5 N–H and O–H groups in total. The number of carbonyl (C=O) groups excluding carboxylic acids is 1. The number of halogens is 3. The highest BCUT2D eigenvalue weighted by atomic mass is 31.2. The summed E-state index contributed by atoms with van der Waals surface area (Å²) in [6.45, 7) is 9.71. The summed E-state index contributed by atoms with van der Waals surface area (Å²) in [5, 5.41) is 19.5. The maximum Gasteiger partial charge on any atom is 0.419 e. The molecule has 0 bridgehead atoms. The highest BCUT2D eigenvalue weighted by Crippen LogP contribution is 2.43. The van der Waals surface area contributed by atoms with E-state index in [1.807, 2.05) is 20.8 Å². The lowest BCUT2D eigenvalue weighted by Crippen LogP contribution is -2.33. The summed E-state index contributed by atoms with van der Waals surface area (Å²) in [5.74, 6) is -1.22. The molecule has 0 radical (unpaired) electrons. The molecule has 2 aromatic heterocycles. The van der Waals surface area contributed by atoms with Crippen molar-refractivity contribution in [1.82, 2.24) is 25.6 Å². The molecule has 2 heterocycles. The summed E-state index contributed by atoms with van der Waals surface area (Å²) in [5.41, 5.74) is -1.76. The number of alkyl carbamates (subject to hydrolysis) is 1. The number of H-pyrrole nitrogens is 1. The van der Waals surface area contributed by atoms with Crippen LogP contribution in [0.2, 0.25) is 0 Å². The van der Waals surface area contributed by atoms with Crippen molar-refractivity contribution in [3.63, 3.8) is 0 Å². The molecule has 3 aromatic rings. The van der Waals surface area contributed by atoms with Gasteiger partial charge in [0.1, 0.15) is 18.3 Å². The van der Waals surface area contributed by atoms with Crippen LogP contribution in [0.4, 0.5) is 23.9 Å². The zero-order valence-corrected chi connectivity index (χ0v) is 28.3. The first-order valence-corrected chi connectivity index (χ1v) is 18.4. The van der Waals surface area contributed by atoms with Gasteiger partial charge < -0.3 is 35.3 Å². The van der Waals surface area contributed by atoms with Crippen LogP contribution >= 0.6 is 7.14 Å². The number of alkyl halides is 3. The molecular weight excluding hydrogens is 636 g/mol. The average Bonchev–Trinajstić information content (AvgIpc) is 3.58. The summed E-state index contributed by atoms with van der Waals surface area (Å²) in [6, 6.07) is 2.90. The molecule has 4 rings (SSSR count). The number of rotatable bonds is 13. The molecular formula is C32H44F3N6O5P. The summed E-state index contributed by atoms with van der Waals surface area (Å²) < 4.78 is 60.7. The van der Waals surface area contributed by atoms with E-state index in [0.29, 0.717) is 6.54 Å². The maximum atomic E-state index is 14.1. The fourth-order valence-electron chi connectivity index (χ4n) is 5.87.